The first-order valence-electron chi connectivity index (χ1n) is 8.70. The molecule has 0 radical (unpaired) electrons. The minimum atomic E-state index is -0.0156. The van der Waals surface area contributed by atoms with Gasteiger partial charge in [-0.25, -0.2) is 0 Å². The van der Waals surface area contributed by atoms with Gasteiger partial charge in [0.15, 0.2) is 0 Å². The lowest BCUT2D eigenvalue weighted by Gasteiger charge is -2.30. The van der Waals surface area contributed by atoms with Gasteiger partial charge in [0.2, 0.25) is 0 Å². The van der Waals surface area contributed by atoms with Crippen molar-refractivity contribution in [1.29, 1.82) is 0 Å². The SMILES string of the molecule is CCn1nc(C)c(N)c1C(=O)N(Cc1ccccc1)C(C)C1CC1. The summed E-state index contributed by atoms with van der Waals surface area (Å²) >= 11 is 0. The maximum absolute atomic E-state index is 13.3. The average Bonchev–Trinajstić information content (AvgIpc) is 3.39. The topological polar surface area (TPSA) is 64.2 Å². The van der Waals surface area contributed by atoms with Gasteiger partial charge in [0, 0.05) is 19.1 Å². The summed E-state index contributed by atoms with van der Waals surface area (Å²) in [4.78, 5) is 15.3. The molecule has 24 heavy (non-hydrogen) atoms. The molecule has 1 saturated carbocycles. The second-order valence-electron chi connectivity index (χ2n) is 6.66. The van der Waals surface area contributed by atoms with Crippen LogP contribution in [0.15, 0.2) is 30.3 Å². The molecule has 1 aliphatic rings. The van der Waals surface area contributed by atoms with E-state index in [0.717, 1.165) is 11.3 Å². The molecule has 1 aromatic carbocycles. The standard InChI is InChI=1S/C19H26N4O/c1-4-23-18(17(20)13(2)21-23)19(24)22(14(3)16-10-11-16)12-15-8-6-5-7-9-15/h5-9,14,16H,4,10-12,20H2,1-3H3. The molecule has 1 fully saturated rings. The number of rotatable bonds is 6. The number of nitrogens with two attached hydrogens (primary N) is 1. The number of amides is 1. The maximum Gasteiger partial charge on any atom is 0.274 e. The van der Waals surface area contributed by atoms with Crippen molar-refractivity contribution in [1.82, 2.24) is 14.7 Å². The van der Waals surface area contributed by atoms with E-state index in [1.54, 1.807) is 4.68 Å². The summed E-state index contributed by atoms with van der Waals surface area (Å²) in [7, 11) is 0. The maximum atomic E-state index is 13.3. The Morgan fingerprint density at radius 2 is 2.04 bits per heavy atom. The van der Waals surface area contributed by atoms with Crippen LogP contribution in [0.2, 0.25) is 0 Å². The van der Waals surface area contributed by atoms with Crippen molar-refractivity contribution in [2.75, 3.05) is 5.73 Å². The van der Waals surface area contributed by atoms with Crippen molar-refractivity contribution >= 4 is 11.6 Å². The van der Waals surface area contributed by atoms with E-state index >= 15 is 0 Å². The first kappa shape index (κ1) is 16.6. The van der Waals surface area contributed by atoms with Crippen LogP contribution >= 0.6 is 0 Å². The van der Waals surface area contributed by atoms with Crippen molar-refractivity contribution in [2.24, 2.45) is 5.92 Å². The summed E-state index contributed by atoms with van der Waals surface area (Å²) in [6.45, 7) is 7.22. The largest absolute Gasteiger partial charge is 0.395 e. The molecule has 1 amide bonds. The predicted molar refractivity (Wildman–Crippen MR) is 95.6 cm³/mol. The van der Waals surface area contributed by atoms with Gasteiger partial charge < -0.3 is 10.6 Å². The summed E-state index contributed by atoms with van der Waals surface area (Å²) < 4.78 is 1.73. The molecule has 2 N–H and O–H groups in total. The average molecular weight is 326 g/mol. The number of benzene rings is 1. The predicted octanol–water partition coefficient (Wildman–Crippen LogP) is 3.23. The Hall–Kier alpha value is -2.30. The van der Waals surface area contributed by atoms with E-state index in [1.165, 1.54) is 12.8 Å². The number of aromatic nitrogens is 2. The van der Waals surface area contributed by atoms with E-state index < -0.39 is 0 Å². The molecule has 1 atom stereocenters. The van der Waals surface area contributed by atoms with Crippen molar-refractivity contribution in [2.45, 2.75) is 52.7 Å². The molecular formula is C19H26N4O. The van der Waals surface area contributed by atoms with Crippen LogP contribution < -0.4 is 5.73 Å². The minimum Gasteiger partial charge on any atom is -0.395 e. The molecule has 0 bridgehead atoms. The van der Waals surface area contributed by atoms with Crippen LogP contribution in [0.3, 0.4) is 0 Å². The molecule has 0 saturated heterocycles. The summed E-state index contributed by atoms with van der Waals surface area (Å²) in [6, 6.07) is 10.3. The van der Waals surface area contributed by atoms with E-state index in [1.807, 2.05) is 36.9 Å². The van der Waals surface area contributed by atoms with Crippen LogP contribution in [-0.2, 0) is 13.1 Å². The molecule has 0 spiro atoms. The molecule has 3 rings (SSSR count). The number of aryl methyl sites for hydroxylation is 2. The molecule has 128 valence electrons. The number of carbonyl (C=O) groups is 1. The van der Waals surface area contributed by atoms with Crippen LogP contribution in [0, 0.1) is 12.8 Å². The van der Waals surface area contributed by atoms with Crippen LogP contribution in [0.5, 0.6) is 0 Å². The van der Waals surface area contributed by atoms with Gasteiger partial charge in [-0.15, -0.1) is 0 Å². The third kappa shape index (κ3) is 3.16. The van der Waals surface area contributed by atoms with Gasteiger partial charge in [-0.3, -0.25) is 9.48 Å². The molecule has 1 unspecified atom stereocenters. The zero-order valence-electron chi connectivity index (χ0n) is 14.7. The monoisotopic (exact) mass is 326 g/mol. The van der Waals surface area contributed by atoms with Gasteiger partial charge in [-0.05, 0) is 45.1 Å². The third-order valence-corrected chi connectivity index (χ3v) is 4.93. The van der Waals surface area contributed by atoms with Crippen molar-refractivity contribution in [3.05, 3.63) is 47.3 Å². The van der Waals surface area contributed by atoms with Crippen LogP contribution in [0.1, 0.15) is 48.4 Å². The number of nitrogen functional groups attached to an aromatic ring is 1. The van der Waals surface area contributed by atoms with Gasteiger partial charge >= 0.3 is 0 Å². The van der Waals surface area contributed by atoms with Crippen molar-refractivity contribution in [3.63, 3.8) is 0 Å². The normalized spacial score (nSPS) is 15.3. The smallest absolute Gasteiger partial charge is 0.274 e. The molecule has 5 heteroatoms. The quantitative estimate of drug-likeness (QED) is 0.886. The van der Waals surface area contributed by atoms with E-state index in [2.05, 4.69) is 24.2 Å². The number of hydrogen-bond donors (Lipinski definition) is 1. The fraction of sp³-hybridized carbons (Fsp3) is 0.474. The molecule has 0 aliphatic heterocycles. The Morgan fingerprint density at radius 1 is 1.38 bits per heavy atom. The number of anilines is 1. The third-order valence-electron chi connectivity index (χ3n) is 4.93. The molecule has 1 heterocycles. The molecule has 2 aromatic rings. The zero-order valence-corrected chi connectivity index (χ0v) is 14.7. The Labute approximate surface area is 143 Å². The van der Waals surface area contributed by atoms with Gasteiger partial charge in [-0.2, -0.15) is 5.10 Å². The fourth-order valence-electron chi connectivity index (χ4n) is 3.20. The number of hydrogen-bond acceptors (Lipinski definition) is 3. The van der Waals surface area contributed by atoms with Crippen molar-refractivity contribution in [3.8, 4) is 0 Å². The highest BCUT2D eigenvalue weighted by Crippen LogP contribution is 2.36. The van der Waals surface area contributed by atoms with Crippen LogP contribution in [0.25, 0.3) is 0 Å². The summed E-state index contributed by atoms with van der Waals surface area (Å²) in [5.41, 5.74) is 9.06. The highest BCUT2D eigenvalue weighted by atomic mass is 16.2. The Kier molecular flexibility index (Phi) is 4.60. The molecule has 1 aromatic heterocycles. The molecular weight excluding hydrogens is 300 g/mol. The van der Waals surface area contributed by atoms with Crippen LogP contribution in [-0.4, -0.2) is 26.6 Å². The zero-order chi connectivity index (χ0) is 17.3. The Balaban J connectivity index is 1.94. The first-order valence-corrected chi connectivity index (χ1v) is 8.70. The van der Waals surface area contributed by atoms with Gasteiger partial charge in [-0.1, -0.05) is 30.3 Å². The van der Waals surface area contributed by atoms with Gasteiger partial charge in [0.05, 0.1) is 11.4 Å². The Bertz CT molecular complexity index is 718. The van der Waals surface area contributed by atoms with Gasteiger partial charge in [0.1, 0.15) is 5.69 Å². The second-order valence-corrected chi connectivity index (χ2v) is 6.66. The number of carbonyl (C=O) groups excluding carboxylic acids is 1. The number of nitrogens with zero attached hydrogens (tertiary/aromatic N) is 3. The second kappa shape index (κ2) is 6.67. The summed E-state index contributed by atoms with van der Waals surface area (Å²) in [5, 5.41) is 4.40. The van der Waals surface area contributed by atoms with E-state index in [4.69, 9.17) is 5.73 Å². The molecule has 1 aliphatic carbocycles. The van der Waals surface area contributed by atoms with Crippen LogP contribution in [0.4, 0.5) is 5.69 Å². The first-order chi connectivity index (χ1) is 11.5. The lowest BCUT2D eigenvalue weighted by Crippen LogP contribution is -2.40. The van der Waals surface area contributed by atoms with E-state index in [0.29, 0.717) is 30.4 Å². The Morgan fingerprint density at radius 3 is 2.62 bits per heavy atom. The van der Waals surface area contributed by atoms with E-state index in [9.17, 15) is 4.79 Å². The fourth-order valence-corrected chi connectivity index (χ4v) is 3.20. The lowest BCUT2D eigenvalue weighted by molar-refractivity contribution is 0.0642. The molecule has 5 nitrogen and oxygen atoms in total. The summed E-state index contributed by atoms with van der Waals surface area (Å²) in [6.07, 6.45) is 2.39. The van der Waals surface area contributed by atoms with E-state index in [-0.39, 0.29) is 11.9 Å². The highest BCUT2D eigenvalue weighted by molar-refractivity contribution is 5.98. The van der Waals surface area contributed by atoms with Crippen molar-refractivity contribution < 1.29 is 4.79 Å². The summed E-state index contributed by atoms with van der Waals surface area (Å²) in [5.74, 6) is 0.580. The highest BCUT2D eigenvalue weighted by Gasteiger charge is 2.36. The lowest BCUT2D eigenvalue weighted by atomic mass is 10.1. The van der Waals surface area contributed by atoms with Gasteiger partial charge in [0.25, 0.3) is 5.91 Å². The minimum absolute atomic E-state index is 0.0156.